The van der Waals surface area contributed by atoms with Crippen LogP contribution in [-0.4, -0.2) is 15.5 Å². The number of nitrogens with one attached hydrogen (secondary N) is 1. The number of ether oxygens (including phenoxy) is 1. The van der Waals surface area contributed by atoms with Gasteiger partial charge in [-0.15, -0.1) is 0 Å². The lowest BCUT2D eigenvalue weighted by molar-refractivity contribution is 0.0208. The zero-order valence-electron chi connectivity index (χ0n) is 16.5. The molecule has 2 aromatic carbocycles. The topological polar surface area (TPSA) is 56.1 Å². The van der Waals surface area contributed by atoms with Crippen LogP contribution < -0.4 is 5.32 Å². The van der Waals surface area contributed by atoms with E-state index in [9.17, 15) is 4.79 Å². The summed E-state index contributed by atoms with van der Waals surface area (Å²) in [5.41, 5.74) is 4.58. The van der Waals surface area contributed by atoms with E-state index >= 15 is 0 Å². The number of hydrogen-bond acceptors (Lipinski definition) is 4. The van der Waals surface area contributed by atoms with Crippen molar-refractivity contribution in [3.8, 4) is 0 Å². The Morgan fingerprint density at radius 3 is 2.61 bits per heavy atom. The van der Waals surface area contributed by atoms with Crippen molar-refractivity contribution in [2.24, 2.45) is 5.92 Å². The fourth-order valence-electron chi connectivity index (χ4n) is 3.74. The summed E-state index contributed by atoms with van der Waals surface area (Å²) in [4.78, 5) is 17.6. The molecule has 0 fully saturated rings. The summed E-state index contributed by atoms with van der Waals surface area (Å²) in [5, 5.41) is 3.52. The molecule has 1 aliphatic heterocycles. The minimum absolute atomic E-state index is 0. The van der Waals surface area contributed by atoms with Crippen LogP contribution in [0.1, 0.15) is 51.6 Å². The standard InChI is InChI=1S/C23H25N3O2.H2/c1-4-15(3)20-17(5-2)21(28-22(27)16-11-7-6-8-12-16)26-19-14-10-9-13-18(19)24-23(26)25-20;/h6-15,21H,4-5H2,1-3H3,(H,24,25);1H. The van der Waals surface area contributed by atoms with Gasteiger partial charge in [0.15, 0.2) is 0 Å². The first-order chi connectivity index (χ1) is 13.6. The van der Waals surface area contributed by atoms with Gasteiger partial charge < -0.3 is 10.1 Å². The second kappa shape index (κ2) is 7.50. The second-order valence-electron chi connectivity index (χ2n) is 7.14. The van der Waals surface area contributed by atoms with E-state index < -0.39 is 6.23 Å². The van der Waals surface area contributed by atoms with Gasteiger partial charge in [-0.2, -0.15) is 0 Å². The van der Waals surface area contributed by atoms with E-state index in [0.29, 0.717) is 11.5 Å². The number of benzene rings is 2. The summed E-state index contributed by atoms with van der Waals surface area (Å²) in [6.45, 7) is 6.45. The van der Waals surface area contributed by atoms with E-state index in [4.69, 9.17) is 9.72 Å². The molecule has 28 heavy (non-hydrogen) atoms. The van der Waals surface area contributed by atoms with Crippen LogP contribution in [0.25, 0.3) is 11.0 Å². The minimum atomic E-state index is -0.509. The third kappa shape index (κ3) is 3.07. The maximum absolute atomic E-state index is 12.9. The molecule has 0 bridgehead atoms. The molecule has 0 amide bonds. The van der Waals surface area contributed by atoms with Crippen molar-refractivity contribution in [2.45, 2.75) is 39.8 Å². The van der Waals surface area contributed by atoms with Crippen LogP contribution in [0.2, 0.25) is 0 Å². The highest BCUT2D eigenvalue weighted by Gasteiger charge is 2.33. The van der Waals surface area contributed by atoms with Crippen molar-refractivity contribution in [3.63, 3.8) is 0 Å². The Morgan fingerprint density at radius 2 is 1.89 bits per heavy atom. The third-order valence-electron chi connectivity index (χ3n) is 5.44. The molecular formula is C23H27N3O2. The molecule has 4 rings (SSSR count). The maximum atomic E-state index is 12.9. The molecular weight excluding hydrogens is 350 g/mol. The van der Waals surface area contributed by atoms with Crippen LogP contribution >= 0.6 is 0 Å². The number of esters is 1. The molecule has 0 spiro atoms. The minimum Gasteiger partial charge on any atom is -0.433 e. The molecule has 0 radical (unpaired) electrons. The summed E-state index contributed by atoms with van der Waals surface area (Å²) in [7, 11) is 0. The quantitative estimate of drug-likeness (QED) is 0.573. The molecule has 0 saturated heterocycles. The van der Waals surface area contributed by atoms with Crippen LogP contribution in [0, 0.1) is 5.92 Å². The molecule has 146 valence electrons. The lowest BCUT2D eigenvalue weighted by atomic mass is 9.96. The fraction of sp³-hybridized carbons (Fsp3) is 0.304. The number of nitrogens with zero attached hydrogens (tertiary/aromatic N) is 2. The average Bonchev–Trinajstić information content (AvgIpc) is 3.11. The Labute approximate surface area is 166 Å². The highest BCUT2D eigenvalue weighted by Crippen LogP contribution is 2.40. The molecule has 0 saturated carbocycles. The Kier molecular flexibility index (Phi) is 4.90. The smallest absolute Gasteiger partial charge is 0.340 e. The number of hydrogen-bond donors (Lipinski definition) is 1. The highest BCUT2D eigenvalue weighted by atomic mass is 16.6. The van der Waals surface area contributed by atoms with E-state index in [1.165, 1.54) is 0 Å². The van der Waals surface area contributed by atoms with Crippen molar-refractivity contribution in [2.75, 3.05) is 5.32 Å². The van der Waals surface area contributed by atoms with Crippen molar-refractivity contribution in [1.82, 2.24) is 9.55 Å². The Morgan fingerprint density at radius 1 is 1.18 bits per heavy atom. The first-order valence-corrected chi connectivity index (χ1v) is 9.87. The number of anilines is 1. The largest absolute Gasteiger partial charge is 0.433 e. The number of rotatable bonds is 5. The van der Waals surface area contributed by atoms with Gasteiger partial charge in [-0.1, -0.05) is 51.1 Å². The summed E-state index contributed by atoms with van der Waals surface area (Å²) in [6, 6.07) is 17.1. The lowest BCUT2D eigenvalue weighted by Crippen LogP contribution is -2.29. The van der Waals surface area contributed by atoms with Gasteiger partial charge in [0.05, 0.1) is 16.6 Å². The number of carbonyl (C=O) groups is 1. The van der Waals surface area contributed by atoms with Gasteiger partial charge in [0.2, 0.25) is 12.2 Å². The number of para-hydroxylation sites is 2. The molecule has 5 nitrogen and oxygen atoms in total. The Hall–Kier alpha value is -3.08. The van der Waals surface area contributed by atoms with Gasteiger partial charge in [0, 0.05) is 12.7 Å². The number of carbonyl (C=O) groups excluding carboxylic acids is 1. The Balaban J connectivity index is 0.00000240. The molecule has 2 atom stereocenters. The van der Waals surface area contributed by atoms with Crippen molar-refractivity contribution < 1.29 is 11.0 Å². The zero-order chi connectivity index (χ0) is 19.7. The van der Waals surface area contributed by atoms with Crippen molar-refractivity contribution in [1.29, 1.82) is 0 Å². The first-order valence-electron chi connectivity index (χ1n) is 9.87. The lowest BCUT2D eigenvalue weighted by Gasteiger charge is -2.33. The van der Waals surface area contributed by atoms with Crippen LogP contribution in [0.3, 0.4) is 0 Å². The maximum Gasteiger partial charge on any atom is 0.340 e. The number of allylic oxidation sites excluding steroid dienone is 1. The number of imidazole rings is 1. The van der Waals surface area contributed by atoms with E-state index in [-0.39, 0.29) is 7.40 Å². The molecule has 1 aliphatic rings. The van der Waals surface area contributed by atoms with Gasteiger partial charge in [-0.05, 0) is 43.0 Å². The van der Waals surface area contributed by atoms with Gasteiger partial charge in [0.25, 0.3) is 0 Å². The third-order valence-corrected chi connectivity index (χ3v) is 5.44. The average molecular weight is 377 g/mol. The number of fused-ring (bicyclic) bond motifs is 3. The van der Waals surface area contributed by atoms with E-state index in [1.54, 1.807) is 12.1 Å². The molecule has 2 unspecified atom stereocenters. The van der Waals surface area contributed by atoms with Crippen molar-refractivity contribution >= 4 is 23.0 Å². The molecule has 2 heterocycles. The van der Waals surface area contributed by atoms with Crippen molar-refractivity contribution in [3.05, 3.63) is 71.4 Å². The summed E-state index contributed by atoms with van der Waals surface area (Å²) < 4.78 is 8.09. The zero-order valence-corrected chi connectivity index (χ0v) is 16.5. The van der Waals surface area contributed by atoms with Gasteiger partial charge in [0.1, 0.15) is 0 Å². The van der Waals surface area contributed by atoms with Crippen LogP contribution in [0.4, 0.5) is 5.95 Å². The predicted molar refractivity (Wildman–Crippen MR) is 113 cm³/mol. The highest BCUT2D eigenvalue weighted by molar-refractivity contribution is 5.89. The SMILES string of the molecule is CCC1=C(C(C)CC)Nc2nc3ccccc3n2C1OC(=O)c1ccccc1.[HH]. The van der Waals surface area contributed by atoms with E-state index in [1.807, 2.05) is 47.0 Å². The molecule has 0 aliphatic carbocycles. The van der Waals surface area contributed by atoms with E-state index in [2.05, 4.69) is 26.1 Å². The second-order valence-corrected chi connectivity index (χ2v) is 7.14. The van der Waals surface area contributed by atoms with Gasteiger partial charge in [-0.25, -0.2) is 9.78 Å². The molecule has 1 N–H and O–H groups in total. The normalized spacial score (nSPS) is 17.2. The van der Waals surface area contributed by atoms with Crippen LogP contribution in [0.15, 0.2) is 65.9 Å². The predicted octanol–water partition coefficient (Wildman–Crippen LogP) is 5.77. The number of aromatic nitrogens is 2. The van der Waals surface area contributed by atoms with Gasteiger partial charge in [-0.3, -0.25) is 4.57 Å². The van der Waals surface area contributed by atoms with Crippen LogP contribution in [0.5, 0.6) is 0 Å². The summed E-state index contributed by atoms with van der Waals surface area (Å²) in [6.07, 6.45) is 1.27. The summed E-state index contributed by atoms with van der Waals surface area (Å²) in [5.74, 6) is 0.715. The van der Waals surface area contributed by atoms with Crippen LogP contribution in [-0.2, 0) is 4.74 Å². The Bertz CT molecular complexity index is 1040. The monoisotopic (exact) mass is 377 g/mol. The molecule has 3 aromatic rings. The van der Waals surface area contributed by atoms with E-state index in [0.717, 1.165) is 41.1 Å². The molecule has 5 heteroatoms. The first kappa shape index (κ1) is 18.3. The fourth-order valence-corrected chi connectivity index (χ4v) is 3.74. The molecule has 1 aromatic heterocycles. The summed E-state index contributed by atoms with van der Waals surface area (Å²) >= 11 is 0. The van der Waals surface area contributed by atoms with Gasteiger partial charge >= 0.3 is 5.97 Å².